The quantitative estimate of drug-likeness (QED) is 0.641. The van der Waals surface area contributed by atoms with Crippen molar-refractivity contribution in [3.8, 4) is 5.75 Å². The molecule has 35 heavy (non-hydrogen) atoms. The first-order chi connectivity index (χ1) is 17.0. The summed E-state index contributed by atoms with van der Waals surface area (Å²) in [6.45, 7) is 2.24. The standard InChI is InChI=1S/C26H35N3O6/c1-29-21-6-5-19(13-24(30)27-14-16-2-3-16)35-23(21)15-34-22-7-4-18(12-20(22)26(29)32)28-25(31)17-8-10-33-11-9-17/h4,7,12,16-17,19,21,23H,2-3,5-6,8-11,13-15H2,1H3,(H,27,30)(H,28,31)/t19-,21+,23+/m0/s1. The Hall–Kier alpha value is -2.65. The molecule has 9 nitrogen and oxygen atoms in total. The number of fused-ring (bicyclic) bond motifs is 2. The Labute approximate surface area is 205 Å². The predicted octanol–water partition coefficient (Wildman–Crippen LogP) is 2.35. The van der Waals surface area contributed by atoms with E-state index in [9.17, 15) is 14.4 Å². The average molecular weight is 486 g/mol. The number of nitrogens with one attached hydrogen (secondary N) is 2. The summed E-state index contributed by atoms with van der Waals surface area (Å²) in [6.07, 6.45) is 5.11. The van der Waals surface area contributed by atoms with Gasteiger partial charge in [-0.1, -0.05) is 0 Å². The van der Waals surface area contributed by atoms with Crippen molar-refractivity contribution < 1.29 is 28.6 Å². The number of amides is 3. The maximum absolute atomic E-state index is 13.4. The summed E-state index contributed by atoms with van der Waals surface area (Å²) in [6, 6.07) is 5.05. The van der Waals surface area contributed by atoms with Gasteiger partial charge in [-0.05, 0) is 62.6 Å². The van der Waals surface area contributed by atoms with E-state index in [1.165, 1.54) is 12.8 Å². The van der Waals surface area contributed by atoms with Gasteiger partial charge in [0, 0.05) is 38.4 Å². The van der Waals surface area contributed by atoms with Gasteiger partial charge in [-0.2, -0.15) is 0 Å². The first-order valence-electron chi connectivity index (χ1n) is 12.8. The number of rotatable bonds is 6. The zero-order valence-corrected chi connectivity index (χ0v) is 20.3. The molecule has 3 amide bonds. The lowest BCUT2D eigenvalue weighted by atomic mass is 9.94. The fraction of sp³-hybridized carbons (Fsp3) is 0.654. The molecule has 4 aliphatic rings. The van der Waals surface area contributed by atoms with Crippen LogP contribution in [0.5, 0.6) is 5.75 Å². The van der Waals surface area contributed by atoms with Gasteiger partial charge in [0.05, 0.1) is 24.1 Å². The highest BCUT2D eigenvalue weighted by Crippen LogP contribution is 2.33. The Morgan fingerprint density at radius 1 is 1.09 bits per heavy atom. The molecule has 2 N–H and O–H groups in total. The summed E-state index contributed by atoms with van der Waals surface area (Å²) in [5, 5.41) is 5.96. The summed E-state index contributed by atoms with van der Waals surface area (Å²) >= 11 is 0. The molecule has 3 fully saturated rings. The Morgan fingerprint density at radius 2 is 1.89 bits per heavy atom. The Bertz CT molecular complexity index is 958. The van der Waals surface area contributed by atoms with Crippen molar-refractivity contribution >= 4 is 23.4 Å². The van der Waals surface area contributed by atoms with Crippen molar-refractivity contribution in [3.63, 3.8) is 0 Å². The minimum absolute atomic E-state index is 0.0252. The van der Waals surface area contributed by atoms with E-state index in [1.54, 1.807) is 30.1 Å². The molecule has 0 aromatic heterocycles. The van der Waals surface area contributed by atoms with Crippen LogP contribution in [0.1, 0.15) is 55.3 Å². The van der Waals surface area contributed by atoms with E-state index in [4.69, 9.17) is 14.2 Å². The number of ether oxygens (including phenoxy) is 3. The van der Waals surface area contributed by atoms with Crippen molar-refractivity contribution in [1.29, 1.82) is 0 Å². The molecule has 0 unspecified atom stereocenters. The lowest BCUT2D eigenvalue weighted by Crippen LogP contribution is -2.54. The minimum atomic E-state index is -0.306. The number of benzene rings is 1. The second-order valence-corrected chi connectivity index (χ2v) is 10.2. The first-order valence-corrected chi connectivity index (χ1v) is 12.8. The maximum atomic E-state index is 13.4. The molecule has 3 heterocycles. The maximum Gasteiger partial charge on any atom is 0.257 e. The van der Waals surface area contributed by atoms with Crippen LogP contribution in [0.15, 0.2) is 18.2 Å². The van der Waals surface area contributed by atoms with Crippen LogP contribution in [-0.4, -0.2) is 74.3 Å². The summed E-state index contributed by atoms with van der Waals surface area (Å²) in [5.74, 6) is 0.846. The van der Waals surface area contributed by atoms with Gasteiger partial charge in [-0.3, -0.25) is 14.4 Å². The van der Waals surface area contributed by atoms with Gasteiger partial charge in [0.25, 0.3) is 5.91 Å². The van der Waals surface area contributed by atoms with Crippen LogP contribution in [0.4, 0.5) is 5.69 Å². The normalized spacial score (nSPS) is 27.1. The number of hydrogen-bond donors (Lipinski definition) is 2. The number of nitrogens with zero attached hydrogens (tertiary/aromatic N) is 1. The van der Waals surface area contributed by atoms with Crippen LogP contribution >= 0.6 is 0 Å². The highest BCUT2D eigenvalue weighted by atomic mass is 16.5. The monoisotopic (exact) mass is 485 g/mol. The van der Waals surface area contributed by atoms with E-state index >= 15 is 0 Å². The third-order valence-corrected chi connectivity index (χ3v) is 7.57. The molecule has 0 spiro atoms. The molecule has 0 bridgehead atoms. The van der Waals surface area contributed by atoms with Gasteiger partial charge >= 0.3 is 0 Å². The SMILES string of the molecule is CN1C(=O)c2cc(NC(=O)C3CCOCC3)ccc2OC[C@H]2O[C@H](CC(=O)NCC3CC3)CC[C@H]21. The Balaban J connectivity index is 1.23. The fourth-order valence-corrected chi connectivity index (χ4v) is 5.17. The summed E-state index contributed by atoms with van der Waals surface area (Å²) in [7, 11) is 1.79. The fourth-order valence-electron chi connectivity index (χ4n) is 5.17. The molecule has 1 aromatic rings. The number of carbonyl (C=O) groups is 3. The average Bonchev–Trinajstić information content (AvgIpc) is 3.70. The third-order valence-electron chi connectivity index (χ3n) is 7.57. The van der Waals surface area contributed by atoms with E-state index in [0.717, 1.165) is 13.0 Å². The van der Waals surface area contributed by atoms with Crippen molar-refractivity contribution in [1.82, 2.24) is 10.2 Å². The molecular formula is C26H35N3O6. The molecule has 9 heteroatoms. The molecule has 190 valence electrons. The number of hydrogen-bond acceptors (Lipinski definition) is 6. The van der Waals surface area contributed by atoms with E-state index in [2.05, 4.69) is 10.6 Å². The van der Waals surface area contributed by atoms with E-state index < -0.39 is 0 Å². The molecule has 1 saturated carbocycles. The molecule has 0 radical (unpaired) electrons. The summed E-state index contributed by atoms with van der Waals surface area (Å²) < 4.78 is 17.6. The van der Waals surface area contributed by atoms with Crippen LogP contribution in [0.3, 0.4) is 0 Å². The second-order valence-electron chi connectivity index (χ2n) is 10.2. The molecule has 2 saturated heterocycles. The highest BCUT2D eigenvalue weighted by molar-refractivity contribution is 6.00. The van der Waals surface area contributed by atoms with Crippen LogP contribution in [0, 0.1) is 11.8 Å². The highest BCUT2D eigenvalue weighted by Gasteiger charge is 2.39. The molecule has 3 aliphatic heterocycles. The number of likely N-dealkylation sites (N-methyl/N-ethyl adjacent to an activating group) is 1. The second kappa shape index (κ2) is 10.5. The van der Waals surface area contributed by atoms with Crippen molar-refractivity contribution in [2.45, 2.75) is 63.2 Å². The van der Waals surface area contributed by atoms with Crippen LogP contribution in [0.2, 0.25) is 0 Å². The summed E-state index contributed by atoms with van der Waals surface area (Å²) in [5.41, 5.74) is 1.01. The van der Waals surface area contributed by atoms with Gasteiger partial charge in [0.15, 0.2) is 0 Å². The molecule has 3 atom stereocenters. The Kier molecular flexibility index (Phi) is 7.24. The zero-order valence-electron chi connectivity index (χ0n) is 20.3. The van der Waals surface area contributed by atoms with Crippen LogP contribution in [-0.2, 0) is 19.1 Å². The minimum Gasteiger partial charge on any atom is -0.490 e. The third kappa shape index (κ3) is 5.78. The van der Waals surface area contributed by atoms with Crippen molar-refractivity contribution in [2.24, 2.45) is 11.8 Å². The first kappa shape index (κ1) is 24.1. The molecule has 5 rings (SSSR count). The van der Waals surface area contributed by atoms with Gasteiger partial charge in [0.1, 0.15) is 18.5 Å². The molecular weight excluding hydrogens is 450 g/mol. The lowest BCUT2D eigenvalue weighted by Gasteiger charge is -2.42. The smallest absolute Gasteiger partial charge is 0.257 e. The van der Waals surface area contributed by atoms with E-state index in [1.807, 2.05) is 0 Å². The largest absolute Gasteiger partial charge is 0.490 e. The van der Waals surface area contributed by atoms with Gasteiger partial charge in [-0.15, -0.1) is 0 Å². The number of anilines is 1. The van der Waals surface area contributed by atoms with Crippen molar-refractivity contribution in [3.05, 3.63) is 23.8 Å². The number of carbonyl (C=O) groups excluding carboxylic acids is 3. The van der Waals surface area contributed by atoms with Gasteiger partial charge in [-0.25, -0.2) is 0 Å². The van der Waals surface area contributed by atoms with Crippen LogP contribution in [0.25, 0.3) is 0 Å². The van der Waals surface area contributed by atoms with Crippen LogP contribution < -0.4 is 15.4 Å². The Morgan fingerprint density at radius 3 is 2.66 bits per heavy atom. The van der Waals surface area contributed by atoms with E-state index in [0.29, 0.717) is 68.4 Å². The summed E-state index contributed by atoms with van der Waals surface area (Å²) in [4.78, 5) is 40.0. The van der Waals surface area contributed by atoms with E-state index in [-0.39, 0.29) is 41.9 Å². The molecule has 1 aliphatic carbocycles. The van der Waals surface area contributed by atoms with Gasteiger partial charge in [0.2, 0.25) is 11.8 Å². The van der Waals surface area contributed by atoms with Crippen molar-refractivity contribution in [2.75, 3.05) is 38.7 Å². The topological polar surface area (TPSA) is 106 Å². The zero-order chi connectivity index (χ0) is 24.4. The van der Waals surface area contributed by atoms with Gasteiger partial charge < -0.3 is 29.7 Å². The lowest BCUT2D eigenvalue weighted by molar-refractivity contribution is -0.134. The predicted molar refractivity (Wildman–Crippen MR) is 128 cm³/mol. The molecule has 1 aromatic carbocycles.